The van der Waals surface area contributed by atoms with Crippen molar-refractivity contribution < 1.29 is 5.11 Å². The van der Waals surface area contributed by atoms with Crippen LogP contribution in [-0.2, 0) is 0 Å². The number of allylic oxidation sites excluding steroid dienone is 4. The van der Waals surface area contributed by atoms with Gasteiger partial charge in [0.25, 0.3) is 0 Å². The van der Waals surface area contributed by atoms with Gasteiger partial charge in [-0.1, -0.05) is 48.6 Å². The van der Waals surface area contributed by atoms with Gasteiger partial charge in [-0.05, 0) is 41.7 Å². The Morgan fingerprint density at radius 3 is 2.60 bits per heavy atom. The molecule has 2 heteroatoms. The van der Waals surface area contributed by atoms with Gasteiger partial charge in [-0.25, -0.2) is 0 Å². The van der Waals surface area contributed by atoms with Crippen molar-refractivity contribution in [2.45, 2.75) is 12.8 Å². The van der Waals surface area contributed by atoms with E-state index in [2.05, 4.69) is 30.4 Å². The van der Waals surface area contributed by atoms with E-state index >= 15 is 0 Å². The third-order valence-corrected chi connectivity index (χ3v) is 3.63. The van der Waals surface area contributed by atoms with Crippen LogP contribution in [0.15, 0.2) is 60.7 Å². The van der Waals surface area contributed by atoms with Crippen molar-refractivity contribution in [3.63, 3.8) is 0 Å². The van der Waals surface area contributed by atoms with Crippen LogP contribution in [0.5, 0.6) is 5.75 Å². The standard InChI is InChI=1S/C18H17NO/c19-17-11-5-10-16(18(17)20)15-9-4-8-14(12-15)13-6-2-1-3-7-13/h1-2,4-6,8-12,20H,3,7,19H2. The Hall–Kier alpha value is -2.48. The smallest absolute Gasteiger partial charge is 0.146 e. The minimum absolute atomic E-state index is 0.155. The summed E-state index contributed by atoms with van der Waals surface area (Å²) in [5.41, 5.74) is 10.5. The van der Waals surface area contributed by atoms with Crippen molar-refractivity contribution in [1.82, 2.24) is 0 Å². The zero-order valence-electron chi connectivity index (χ0n) is 11.2. The molecular weight excluding hydrogens is 246 g/mol. The van der Waals surface area contributed by atoms with Gasteiger partial charge in [0.2, 0.25) is 0 Å². The molecule has 0 aliphatic heterocycles. The summed E-state index contributed by atoms with van der Waals surface area (Å²) in [6.45, 7) is 0. The minimum atomic E-state index is 0.155. The summed E-state index contributed by atoms with van der Waals surface area (Å²) < 4.78 is 0. The molecule has 1 aliphatic rings. The summed E-state index contributed by atoms with van der Waals surface area (Å²) in [5, 5.41) is 10.1. The Balaban J connectivity index is 2.05. The molecule has 2 aromatic rings. The second-order valence-electron chi connectivity index (χ2n) is 4.98. The van der Waals surface area contributed by atoms with Crippen molar-refractivity contribution in [2.75, 3.05) is 5.73 Å². The maximum absolute atomic E-state index is 10.1. The average Bonchev–Trinajstić information content (AvgIpc) is 2.51. The quantitative estimate of drug-likeness (QED) is 0.624. The van der Waals surface area contributed by atoms with Crippen LogP contribution >= 0.6 is 0 Å². The first kappa shape index (κ1) is 12.5. The van der Waals surface area contributed by atoms with E-state index in [-0.39, 0.29) is 5.75 Å². The van der Waals surface area contributed by atoms with Crippen LogP contribution in [0.2, 0.25) is 0 Å². The number of para-hydroxylation sites is 1. The molecule has 0 unspecified atom stereocenters. The van der Waals surface area contributed by atoms with E-state index in [1.165, 1.54) is 11.1 Å². The molecule has 0 amide bonds. The number of anilines is 1. The van der Waals surface area contributed by atoms with E-state index in [0.29, 0.717) is 5.69 Å². The summed E-state index contributed by atoms with van der Waals surface area (Å²) in [4.78, 5) is 0. The molecule has 0 atom stereocenters. The molecule has 0 spiro atoms. The molecule has 0 saturated carbocycles. The molecule has 0 radical (unpaired) electrons. The van der Waals surface area contributed by atoms with E-state index in [1.807, 2.05) is 24.3 Å². The second-order valence-corrected chi connectivity index (χ2v) is 4.98. The maximum Gasteiger partial charge on any atom is 0.146 e. The molecule has 0 aromatic heterocycles. The normalized spacial score (nSPS) is 14.1. The number of aromatic hydroxyl groups is 1. The lowest BCUT2D eigenvalue weighted by Gasteiger charge is -2.12. The minimum Gasteiger partial charge on any atom is -0.505 e. The fourth-order valence-corrected chi connectivity index (χ4v) is 2.52. The van der Waals surface area contributed by atoms with Crippen LogP contribution in [0, 0.1) is 0 Å². The molecule has 2 aromatic carbocycles. The highest BCUT2D eigenvalue weighted by atomic mass is 16.3. The summed E-state index contributed by atoms with van der Waals surface area (Å²) in [6.07, 6.45) is 8.57. The zero-order chi connectivity index (χ0) is 13.9. The molecule has 0 heterocycles. The van der Waals surface area contributed by atoms with Gasteiger partial charge in [0.1, 0.15) is 5.75 Å². The van der Waals surface area contributed by atoms with Crippen LogP contribution in [0.1, 0.15) is 18.4 Å². The van der Waals surface area contributed by atoms with Crippen LogP contribution in [0.25, 0.3) is 16.7 Å². The first-order valence-corrected chi connectivity index (χ1v) is 6.79. The number of nitrogen functional groups attached to an aromatic ring is 1. The van der Waals surface area contributed by atoms with Gasteiger partial charge < -0.3 is 10.8 Å². The van der Waals surface area contributed by atoms with Crippen molar-refractivity contribution in [1.29, 1.82) is 0 Å². The van der Waals surface area contributed by atoms with Crippen molar-refractivity contribution in [2.24, 2.45) is 0 Å². The highest BCUT2D eigenvalue weighted by Crippen LogP contribution is 2.35. The number of rotatable bonds is 2. The van der Waals surface area contributed by atoms with Crippen molar-refractivity contribution in [3.8, 4) is 16.9 Å². The van der Waals surface area contributed by atoms with Gasteiger partial charge in [0, 0.05) is 5.56 Å². The van der Waals surface area contributed by atoms with Crippen LogP contribution < -0.4 is 5.73 Å². The highest BCUT2D eigenvalue weighted by Gasteiger charge is 2.09. The molecule has 0 bridgehead atoms. The topological polar surface area (TPSA) is 46.2 Å². The average molecular weight is 263 g/mol. The highest BCUT2D eigenvalue weighted by molar-refractivity contribution is 5.79. The van der Waals surface area contributed by atoms with E-state index in [0.717, 1.165) is 24.0 Å². The Bertz CT molecular complexity index is 698. The first-order chi connectivity index (χ1) is 9.75. The van der Waals surface area contributed by atoms with Crippen LogP contribution in [0.3, 0.4) is 0 Å². The van der Waals surface area contributed by atoms with Crippen LogP contribution in [0.4, 0.5) is 5.69 Å². The van der Waals surface area contributed by atoms with E-state index in [1.54, 1.807) is 6.07 Å². The fraction of sp³-hybridized carbons (Fsp3) is 0.111. The van der Waals surface area contributed by atoms with E-state index in [4.69, 9.17) is 5.73 Å². The van der Waals surface area contributed by atoms with Gasteiger partial charge in [-0.15, -0.1) is 0 Å². The number of phenolic OH excluding ortho intramolecular Hbond substituents is 1. The van der Waals surface area contributed by atoms with Gasteiger partial charge >= 0.3 is 0 Å². The third kappa shape index (κ3) is 2.32. The molecule has 3 rings (SSSR count). The lowest BCUT2D eigenvalue weighted by atomic mass is 9.94. The van der Waals surface area contributed by atoms with E-state index in [9.17, 15) is 5.11 Å². The lowest BCUT2D eigenvalue weighted by Crippen LogP contribution is -1.90. The fourth-order valence-electron chi connectivity index (χ4n) is 2.52. The molecule has 3 N–H and O–H groups in total. The number of hydrogen-bond donors (Lipinski definition) is 2. The molecular formula is C18H17NO. The largest absolute Gasteiger partial charge is 0.505 e. The summed E-state index contributed by atoms with van der Waals surface area (Å²) in [6, 6.07) is 13.7. The lowest BCUT2D eigenvalue weighted by molar-refractivity contribution is 0.480. The number of phenols is 1. The Labute approximate surface area is 118 Å². The van der Waals surface area contributed by atoms with Crippen molar-refractivity contribution in [3.05, 3.63) is 66.3 Å². The Morgan fingerprint density at radius 1 is 1.00 bits per heavy atom. The van der Waals surface area contributed by atoms with Crippen LogP contribution in [-0.4, -0.2) is 5.11 Å². The third-order valence-electron chi connectivity index (χ3n) is 3.63. The number of hydrogen-bond acceptors (Lipinski definition) is 2. The zero-order valence-corrected chi connectivity index (χ0v) is 11.2. The second kappa shape index (κ2) is 5.25. The Morgan fingerprint density at radius 2 is 1.80 bits per heavy atom. The van der Waals surface area contributed by atoms with Gasteiger partial charge in [-0.2, -0.15) is 0 Å². The molecule has 100 valence electrons. The van der Waals surface area contributed by atoms with E-state index < -0.39 is 0 Å². The number of benzene rings is 2. The maximum atomic E-state index is 10.1. The molecule has 1 aliphatic carbocycles. The summed E-state index contributed by atoms with van der Waals surface area (Å²) in [5.74, 6) is 0.155. The first-order valence-electron chi connectivity index (χ1n) is 6.79. The summed E-state index contributed by atoms with van der Waals surface area (Å²) in [7, 11) is 0. The van der Waals surface area contributed by atoms with Crippen molar-refractivity contribution >= 4 is 11.3 Å². The number of nitrogens with two attached hydrogens (primary N) is 1. The SMILES string of the molecule is Nc1cccc(-c2cccc(C3=CC=CCC3)c2)c1O. The molecule has 2 nitrogen and oxygen atoms in total. The predicted molar refractivity (Wildman–Crippen MR) is 84.3 cm³/mol. The predicted octanol–water partition coefficient (Wildman–Crippen LogP) is 4.37. The van der Waals surface area contributed by atoms with Gasteiger partial charge in [0.15, 0.2) is 0 Å². The molecule has 0 saturated heterocycles. The summed E-state index contributed by atoms with van der Waals surface area (Å²) >= 11 is 0. The Kier molecular flexibility index (Phi) is 3.30. The monoisotopic (exact) mass is 263 g/mol. The molecule has 20 heavy (non-hydrogen) atoms. The molecule has 0 fully saturated rings. The van der Waals surface area contributed by atoms with Gasteiger partial charge in [0.05, 0.1) is 5.69 Å². The van der Waals surface area contributed by atoms with Gasteiger partial charge in [-0.3, -0.25) is 0 Å².